The summed E-state index contributed by atoms with van der Waals surface area (Å²) in [6.07, 6.45) is 0.396. The van der Waals surface area contributed by atoms with Gasteiger partial charge >= 0.3 is 0 Å². The summed E-state index contributed by atoms with van der Waals surface area (Å²) in [5, 5.41) is 12.8. The number of aliphatic hydroxyl groups excluding tert-OH is 1. The molecule has 2 N–H and O–H groups in total. The largest absolute Gasteiger partial charge is 0.497 e. The van der Waals surface area contributed by atoms with Gasteiger partial charge in [0.05, 0.1) is 19.8 Å². The van der Waals surface area contributed by atoms with Gasteiger partial charge in [0.25, 0.3) is 0 Å². The normalized spacial score (nSPS) is 13.7. The van der Waals surface area contributed by atoms with Gasteiger partial charge in [-0.15, -0.1) is 0 Å². The number of carbonyl (C=O) groups excluding carboxylic acids is 1. The maximum absolute atomic E-state index is 11.7. The van der Waals surface area contributed by atoms with E-state index in [1.807, 2.05) is 31.2 Å². The van der Waals surface area contributed by atoms with Gasteiger partial charge in [-0.3, -0.25) is 4.79 Å². The van der Waals surface area contributed by atoms with Crippen LogP contribution in [-0.4, -0.2) is 49.8 Å². The average Bonchev–Trinajstić information content (AvgIpc) is 2.44. The van der Waals surface area contributed by atoms with Crippen molar-refractivity contribution in [2.75, 3.05) is 27.8 Å². The first-order valence-corrected chi connectivity index (χ1v) is 6.69. The van der Waals surface area contributed by atoms with Crippen LogP contribution in [0.5, 0.6) is 5.75 Å². The van der Waals surface area contributed by atoms with E-state index in [9.17, 15) is 9.90 Å². The Morgan fingerprint density at radius 2 is 2.15 bits per heavy atom. The summed E-state index contributed by atoms with van der Waals surface area (Å²) in [5.74, 6) is 0.812. The molecule has 20 heavy (non-hydrogen) atoms. The van der Waals surface area contributed by atoms with Crippen LogP contribution in [0.3, 0.4) is 0 Å². The second kappa shape index (κ2) is 7.87. The third-order valence-electron chi connectivity index (χ3n) is 3.14. The van der Waals surface area contributed by atoms with E-state index in [4.69, 9.17) is 4.74 Å². The molecular formula is C15H24N2O3. The Balaban J connectivity index is 2.68. The molecule has 2 unspecified atom stereocenters. The van der Waals surface area contributed by atoms with Gasteiger partial charge in [0, 0.05) is 26.6 Å². The monoisotopic (exact) mass is 280 g/mol. The minimum absolute atomic E-state index is 0.0201. The van der Waals surface area contributed by atoms with Crippen molar-refractivity contribution in [3.63, 3.8) is 0 Å². The fraction of sp³-hybridized carbons (Fsp3) is 0.533. The van der Waals surface area contributed by atoms with Crippen LogP contribution in [0.4, 0.5) is 0 Å². The lowest BCUT2D eigenvalue weighted by Gasteiger charge is -2.23. The van der Waals surface area contributed by atoms with Crippen molar-refractivity contribution in [2.24, 2.45) is 0 Å². The molecular weight excluding hydrogens is 256 g/mol. The van der Waals surface area contributed by atoms with Crippen LogP contribution >= 0.6 is 0 Å². The Bertz CT molecular complexity index is 435. The Hall–Kier alpha value is -1.59. The van der Waals surface area contributed by atoms with Crippen molar-refractivity contribution in [3.8, 4) is 5.75 Å². The topological polar surface area (TPSA) is 61.8 Å². The smallest absolute Gasteiger partial charge is 0.223 e. The Morgan fingerprint density at radius 3 is 2.70 bits per heavy atom. The van der Waals surface area contributed by atoms with Gasteiger partial charge in [-0.05, 0) is 24.6 Å². The van der Waals surface area contributed by atoms with E-state index in [-0.39, 0.29) is 24.6 Å². The molecule has 0 aliphatic rings. The molecule has 5 nitrogen and oxygen atoms in total. The highest BCUT2D eigenvalue weighted by atomic mass is 16.5. The summed E-state index contributed by atoms with van der Waals surface area (Å²) in [7, 11) is 5.08. The number of aliphatic hydroxyl groups is 1. The van der Waals surface area contributed by atoms with E-state index in [2.05, 4.69) is 5.32 Å². The first-order valence-electron chi connectivity index (χ1n) is 6.69. The van der Waals surface area contributed by atoms with Crippen LogP contribution < -0.4 is 10.1 Å². The third-order valence-corrected chi connectivity index (χ3v) is 3.14. The van der Waals surface area contributed by atoms with Gasteiger partial charge in [0.1, 0.15) is 5.75 Å². The van der Waals surface area contributed by atoms with E-state index < -0.39 is 0 Å². The SMILES string of the molecule is COc1cccc(C(CO)NC(C)CC(=O)N(C)C)c1. The van der Waals surface area contributed by atoms with Crippen LogP contribution in [0.1, 0.15) is 24.9 Å². The van der Waals surface area contributed by atoms with E-state index in [1.165, 1.54) is 0 Å². The lowest BCUT2D eigenvalue weighted by molar-refractivity contribution is -0.129. The molecule has 0 saturated carbocycles. The molecule has 0 radical (unpaired) electrons. The van der Waals surface area contributed by atoms with Gasteiger partial charge in [-0.2, -0.15) is 0 Å². The van der Waals surface area contributed by atoms with Crippen LogP contribution in [0.2, 0.25) is 0 Å². The highest BCUT2D eigenvalue weighted by Gasteiger charge is 2.17. The summed E-state index contributed by atoms with van der Waals surface area (Å²) in [6.45, 7) is 1.90. The van der Waals surface area contributed by atoms with Gasteiger partial charge in [0.2, 0.25) is 5.91 Å². The molecule has 0 aromatic heterocycles. The predicted molar refractivity (Wildman–Crippen MR) is 78.7 cm³/mol. The summed E-state index contributed by atoms with van der Waals surface area (Å²) in [4.78, 5) is 13.2. The molecule has 5 heteroatoms. The maximum Gasteiger partial charge on any atom is 0.223 e. The molecule has 0 bridgehead atoms. The Labute approximate surface area is 120 Å². The summed E-state index contributed by atoms with van der Waals surface area (Å²) in [6, 6.07) is 7.32. The highest BCUT2D eigenvalue weighted by molar-refractivity contribution is 5.76. The number of benzene rings is 1. The Morgan fingerprint density at radius 1 is 1.45 bits per heavy atom. The first-order chi connectivity index (χ1) is 9.47. The van der Waals surface area contributed by atoms with Crippen LogP contribution in [0, 0.1) is 0 Å². The standard InChI is InChI=1S/C15H24N2O3/c1-11(8-15(19)17(2)3)16-14(10-18)12-6-5-7-13(9-12)20-4/h5-7,9,11,14,16,18H,8,10H2,1-4H3. The molecule has 0 heterocycles. The average molecular weight is 280 g/mol. The number of rotatable bonds is 7. The summed E-state index contributed by atoms with van der Waals surface area (Å²) < 4.78 is 5.18. The van der Waals surface area contributed by atoms with Gasteiger partial charge < -0.3 is 20.1 Å². The lowest BCUT2D eigenvalue weighted by atomic mass is 10.1. The zero-order chi connectivity index (χ0) is 15.1. The number of methoxy groups -OCH3 is 1. The molecule has 1 rings (SSSR count). The number of nitrogens with zero attached hydrogens (tertiary/aromatic N) is 1. The molecule has 0 saturated heterocycles. The molecule has 0 fully saturated rings. The fourth-order valence-electron chi connectivity index (χ4n) is 1.96. The zero-order valence-electron chi connectivity index (χ0n) is 12.6. The van der Waals surface area contributed by atoms with E-state index in [1.54, 1.807) is 26.1 Å². The Kier molecular flexibility index (Phi) is 6.48. The second-order valence-corrected chi connectivity index (χ2v) is 5.07. The number of carbonyl (C=O) groups is 1. The van der Waals surface area contributed by atoms with Crippen LogP contribution in [0.25, 0.3) is 0 Å². The molecule has 0 aliphatic heterocycles. The molecule has 1 aromatic rings. The van der Waals surface area contributed by atoms with Crippen LogP contribution in [0.15, 0.2) is 24.3 Å². The predicted octanol–water partition coefficient (Wildman–Crippen LogP) is 1.18. The van der Waals surface area contributed by atoms with E-state index >= 15 is 0 Å². The highest BCUT2D eigenvalue weighted by Crippen LogP contribution is 2.19. The second-order valence-electron chi connectivity index (χ2n) is 5.07. The van der Waals surface area contributed by atoms with E-state index in [0.29, 0.717) is 6.42 Å². The quantitative estimate of drug-likeness (QED) is 0.787. The zero-order valence-corrected chi connectivity index (χ0v) is 12.6. The maximum atomic E-state index is 11.7. The first kappa shape index (κ1) is 16.5. The number of amides is 1. The molecule has 1 amide bonds. The fourth-order valence-corrected chi connectivity index (χ4v) is 1.96. The van der Waals surface area contributed by atoms with Crippen molar-refractivity contribution in [1.82, 2.24) is 10.2 Å². The number of nitrogens with one attached hydrogen (secondary N) is 1. The summed E-state index contributed by atoms with van der Waals surface area (Å²) >= 11 is 0. The molecule has 0 spiro atoms. The van der Waals surface area contributed by atoms with Crippen molar-refractivity contribution in [2.45, 2.75) is 25.4 Å². The van der Waals surface area contributed by atoms with Crippen LogP contribution in [-0.2, 0) is 4.79 Å². The van der Waals surface area contributed by atoms with Crippen molar-refractivity contribution in [1.29, 1.82) is 0 Å². The third kappa shape index (κ3) is 4.83. The van der Waals surface area contributed by atoms with Gasteiger partial charge in [0.15, 0.2) is 0 Å². The number of hydrogen-bond acceptors (Lipinski definition) is 4. The minimum atomic E-state index is -0.213. The number of ether oxygens (including phenoxy) is 1. The molecule has 1 aromatic carbocycles. The van der Waals surface area contributed by atoms with Gasteiger partial charge in [-0.1, -0.05) is 12.1 Å². The van der Waals surface area contributed by atoms with Gasteiger partial charge in [-0.25, -0.2) is 0 Å². The molecule has 0 aliphatic carbocycles. The lowest BCUT2D eigenvalue weighted by Crippen LogP contribution is -2.36. The molecule has 2 atom stereocenters. The van der Waals surface area contributed by atoms with Crippen molar-refractivity contribution < 1.29 is 14.6 Å². The van der Waals surface area contributed by atoms with E-state index in [0.717, 1.165) is 11.3 Å². The minimum Gasteiger partial charge on any atom is -0.497 e. The van der Waals surface area contributed by atoms with Crippen molar-refractivity contribution >= 4 is 5.91 Å². The summed E-state index contributed by atoms with van der Waals surface area (Å²) in [5.41, 5.74) is 0.941. The van der Waals surface area contributed by atoms with Crippen molar-refractivity contribution in [3.05, 3.63) is 29.8 Å². The molecule has 112 valence electrons. The number of hydrogen-bond donors (Lipinski definition) is 2.